The lowest BCUT2D eigenvalue weighted by Gasteiger charge is -2.28. The molecule has 11 heteroatoms. The zero-order chi connectivity index (χ0) is 18.9. The number of nitrogens with zero attached hydrogens (tertiary/aromatic N) is 2. The van der Waals surface area contributed by atoms with Gasteiger partial charge in [-0.15, -0.1) is 11.3 Å². The third-order valence-electron chi connectivity index (χ3n) is 4.12. The second-order valence-electron chi connectivity index (χ2n) is 6.05. The SMILES string of the molecule is COCCNC(=CNC1CCCC(c2csc(NC(=N)N)n2)C1)[N+](=O)[O-]. The first-order valence-electron chi connectivity index (χ1n) is 8.39. The number of hydrogen-bond acceptors (Lipinski definition) is 8. The predicted octanol–water partition coefficient (Wildman–Crippen LogP) is 1.38. The molecule has 10 nitrogen and oxygen atoms in total. The largest absolute Gasteiger partial charge is 0.381 e. The molecule has 0 radical (unpaired) electrons. The summed E-state index contributed by atoms with van der Waals surface area (Å²) in [5.74, 6) is 0.0900. The molecule has 0 aliphatic heterocycles. The first kappa shape index (κ1) is 19.9. The number of nitrogens with one attached hydrogen (secondary N) is 4. The highest BCUT2D eigenvalue weighted by molar-refractivity contribution is 7.13. The van der Waals surface area contributed by atoms with Crippen molar-refractivity contribution in [1.82, 2.24) is 15.6 Å². The molecule has 0 bridgehead atoms. The number of guanidine groups is 1. The second-order valence-corrected chi connectivity index (χ2v) is 6.91. The molecule has 1 saturated carbocycles. The molecular formula is C15H25N7O3S. The minimum atomic E-state index is -0.441. The molecule has 144 valence electrons. The summed E-state index contributed by atoms with van der Waals surface area (Å²) in [5.41, 5.74) is 6.30. The summed E-state index contributed by atoms with van der Waals surface area (Å²) in [7, 11) is 1.55. The molecule has 1 fully saturated rings. The minimum absolute atomic E-state index is 0.0641. The van der Waals surface area contributed by atoms with Gasteiger partial charge in [-0.05, 0) is 24.2 Å². The molecule has 1 aliphatic carbocycles. The van der Waals surface area contributed by atoms with Gasteiger partial charge in [-0.3, -0.25) is 10.7 Å². The zero-order valence-electron chi connectivity index (χ0n) is 14.7. The molecule has 0 aromatic carbocycles. The molecule has 0 amide bonds. The van der Waals surface area contributed by atoms with Crippen molar-refractivity contribution in [1.29, 1.82) is 5.41 Å². The van der Waals surface area contributed by atoms with Gasteiger partial charge in [0.2, 0.25) is 0 Å². The van der Waals surface area contributed by atoms with Crippen LogP contribution in [0.1, 0.15) is 37.3 Å². The molecule has 1 aliphatic rings. The van der Waals surface area contributed by atoms with Gasteiger partial charge in [0.05, 0.1) is 18.5 Å². The van der Waals surface area contributed by atoms with E-state index in [1.165, 1.54) is 17.5 Å². The highest BCUT2D eigenvalue weighted by Gasteiger charge is 2.25. The molecule has 0 saturated heterocycles. The summed E-state index contributed by atoms with van der Waals surface area (Å²) < 4.78 is 4.89. The number of ether oxygens (including phenoxy) is 1. The van der Waals surface area contributed by atoms with Gasteiger partial charge < -0.3 is 31.2 Å². The number of methoxy groups -OCH3 is 1. The van der Waals surface area contributed by atoms with Crippen LogP contribution < -0.4 is 21.7 Å². The quantitative estimate of drug-likeness (QED) is 0.141. The van der Waals surface area contributed by atoms with E-state index in [0.717, 1.165) is 31.4 Å². The monoisotopic (exact) mass is 383 g/mol. The highest BCUT2D eigenvalue weighted by Crippen LogP contribution is 2.34. The Kier molecular flexibility index (Phi) is 7.60. The van der Waals surface area contributed by atoms with Gasteiger partial charge in [-0.25, -0.2) is 4.98 Å². The molecule has 1 aromatic heterocycles. The van der Waals surface area contributed by atoms with Crippen molar-refractivity contribution in [3.05, 3.63) is 33.2 Å². The van der Waals surface area contributed by atoms with Crippen LogP contribution >= 0.6 is 11.3 Å². The Hall–Kier alpha value is -2.40. The lowest BCUT2D eigenvalue weighted by Crippen LogP contribution is -2.33. The molecule has 1 aromatic rings. The summed E-state index contributed by atoms with van der Waals surface area (Å²) in [6, 6.07) is 0.152. The van der Waals surface area contributed by atoms with E-state index in [1.807, 2.05) is 5.38 Å². The fourth-order valence-corrected chi connectivity index (χ4v) is 3.71. The molecular weight excluding hydrogens is 358 g/mol. The fourth-order valence-electron chi connectivity index (χ4n) is 2.90. The maximum Gasteiger partial charge on any atom is 0.332 e. The van der Waals surface area contributed by atoms with E-state index < -0.39 is 4.92 Å². The number of hydrogen-bond donors (Lipinski definition) is 5. The van der Waals surface area contributed by atoms with E-state index in [-0.39, 0.29) is 23.7 Å². The van der Waals surface area contributed by atoms with Gasteiger partial charge in [0.1, 0.15) is 6.54 Å². The van der Waals surface area contributed by atoms with Crippen LogP contribution in [0.5, 0.6) is 0 Å². The van der Waals surface area contributed by atoms with E-state index in [4.69, 9.17) is 15.9 Å². The van der Waals surface area contributed by atoms with Crippen molar-refractivity contribution in [3.8, 4) is 0 Å². The summed E-state index contributed by atoms with van der Waals surface area (Å²) in [5, 5.41) is 29.6. The van der Waals surface area contributed by atoms with Crippen LogP contribution in [0, 0.1) is 15.5 Å². The van der Waals surface area contributed by atoms with Gasteiger partial charge in [0, 0.05) is 24.4 Å². The molecule has 1 heterocycles. The van der Waals surface area contributed by atoms with Crippen molar-refractivity contribution in [2.45, 2.75) is 37.6 Å². The van der Waals surface area contributed by atoms with Crippen molar-refractivity contribution in [3.63, 3.8) is 0 Å². The third kappa shape index (κ3) is 6.15. The van der Waals surface area contributed by atoms with Gasteiger partial charge in [0.15, 0.2) is 11.1 Å². The van der Waals surface area contributed by atoms with Crippen LogP contribution in [-0.2, 0) is 4.74 Å². The lowest BCUT2D eigenvalue weighted by molar-refractivity contribution is -0.432. The Morgan fingerprint density at radius 2 is 2.42 bits per heavy atom. The van der Waals surface area contributed by atoms with Crippen LogP contribution in [0.3, 0.4) is 0 Å². The lowest BCUT2D eigenvalue weighted by atomic mass is 9.84. The Morgan fingerprint density at radius 1 is 1.62 bits per heavy atom. The van der Waals surface area contributed by atoms with Gasteiger partial charge in [-0.1, -0.05) is 6.42 Å². The topological polar surface area (TPSA) is 151 Å². The van der Waals surface area contributed by atoms with Gasteiger partial charge >= 0.3 is 5.82 Å². The van der Waals surface area contributed by atoms with E-state index in [2.05, 4.69) is 20.9 Å². The van der Waals surface area contributed by atoms with Crippen LogP contribution in [0.4, 0.5) is 5.13 Å². The maximum absolute atomic E-state index is 11.1. The van der Waals surface area contributed by atoms with E-state index in [9.17, 15) is 10.1 Å². The fraction of sp³-hybridized carbons (Fsp3) is 0.600. The van der Waals surface area contributed by atoms with Crippen LogP contribution in [0.25, 0.3) is 0 Å². The van der Waals surface area contributed by atoms with E-state index >= 15 is 0 Å². The number of rotatable bonds is 9. The number of thiazole rings is 1. The van der Waals surface area contributed by atoms with Gasteiger partial charge in [-0.2, -0.15) is 0 Å². The highest BCUT2D eigenvalue weighted by atomic mass is 32.1. The summed E-state index contributed by atoms with van der Waals surface area (Å²) in [6.07, 6.45) is 5.29. The minimum Gasteiger partial charge on any atom is -0.381 e. The number of nitro groups is 1. The maximum atomic E-state index is 11.1. The zero-order valence-corrected chi connectivity index (χ0v) is 15.5. The molecule has 2 rings (SSSR count). The van der Waals surface area contributed by atoms with Gasteiger partial charge in [0.25, 0.3) is 0 Å². The molecule has 0 spiro atoms. The van der Waals surface area contributed by atoms with E-state index in [0.29, 0.717) is 18.3 Å². The number of nitrogens with two attached hydrogens (primary N) is 1. The summed E-state index contributed by atoms with van der Waals surface area (Å²) >= 11 is 1.42. The Morgan fingerprint density at radius 3 is 3.12 bits per heavy atom. The first-order valence-corrected chi connectivity index (χ1v) is 9.27. The third-order valence-corrected chi connectivity index (χ3v) is 4.90. The summed E-state index contributed by atoms with van der Waals surface area (Å²) in [4.78, 5) is 15.1. The Balaban J connectivity index is 1.92. The average Bonchev–Trinajstić information content (AvgIpc) is 3.05. The number of anilines is 1. The predicted molar refractivity (Wildman–Crippen MR) is 101 cm³/mol. The Labute approximate surface area is 155 Å². The van der Waals surface area contributed by atoms with E-state index in [1.54, 1.807) is 7.11 Å². The van der Waals surface area contributed by atoms with Crippen molar-refractivity contribution in [2.24, 2.45) is 5.73 Å². The smallest absolute Gasteiger partial charge is 0.332 e. The molecule has 6 N–H and O–H groups in total. The van der Waals surface area contributed by atoms with Crippen molar-refractivity contribution in [2.75, 3.05) is 25.6 Å². The molecule has 26 heavy (non-hydrogen) atoms. The molecule has 2 unspecified atom stereocenters. The van der Waals surface area contributed by atoms with Crippen molar-refractivity contribution >= 4 is 22.4 Å². The van der Waals surface area contributed by atoms with Crippen LogP contribution in [0.2, 0.25) is 0 Å². The second kappa shape index (κ2) is 9.92. The van der Waals surface area contributed by atoms with Crippen LogP contribution in [-0.4, -0.2) is 42.2 Å². The Bertz CT molecular complexity index is 649. The standard InChI is InChI=1S/C15H25N7O3S/c1-25-6-5-18-13(22(23)24)8-19-11-4-2-3-10(7-11)12-9-26-15(20-12)21-14(16)17/h8-11,18-19H,2-7H2,1H3,(H4,16,17,20,21). The van der Waals surface area contributed by atoms with Crippen LogP contribution in [0.15, 0.2) is 17.4 Å². The first-order chi connectivity index (χ1) is 12.5. The van der Waals surface area contributed by atoms with Crippen molar-refractivity contribution < 1.29 is 9.66 Å². The average molecular weight is 383 g/mol. The normalized spacial score (nSPS) is 20.4. The number of aromatic nitrogens is 1. The summed E-state index contributed by atoms with van der Waals surface area (Å²) in [6.45, 7) is 0.778. The molecule has 2 atom stereocenters.